The molecule has 360 valence electrons. The highest BCUT2D eigenvalue weighted by Crippen LogP contribution is 2.57. The molecule has 0 bridgehead atoms. The average molecular weight is 980 g/mol. The highest BCUT2D eigenvalue weighted by molar-refractivity contribution is 6.18. The van der Waals surface area contributed by atoms with Gasteiger partial charge in [-0.1, -0.05) is 249 Å². The second kappa shape index (κ2) is 18.1. The van der Waals surface area contributed by atoms with E-state index in [9.17, 15) is 0 Å². The fourth-order valence-electron chi connectivity index (χ4n) is 12.7. The Morgan fingerprint density at radius 1 is 0.286 bits per heavy atom. The zero-order valence-corrected chi connectivity index (χ0v) is 42.1. The standard InChI is InChI=1S/C75H49NO/c1-3-23-57(24-4-1)75(58-25-5-2-6-26-58)69-34-13-11-30-65(69)66-45-42-56(49-70(66)75)55-22-15-27-60(48-55)76(59-43-40-51(41-44-59)50-36-38-54(39-37-50)62-32-16-20-52-18-7-9-28-61(52)62)71-47-46-67(64-33-17-21-53-19-8-10-29-63(53)64)74-73(71)68-31-12-14-35-72(68)77-74/h1-49H. The Kier molecular flexibility index (Phi) is 10.5. The Morgan fingerprint density at radius 3 is 1.52 bits per heavy atom. The van der Waals surface area contributed by atoms with Crippen molar-refractivity contribution < 1.29 is 4.42 Å². The van der Waals surface area contributed by atoms with Crippen LogP contribution in [-0.4, -0.2) is 0 Å². The van der Waals surface area contributed by atoms with Gasteiger partial charge in [0.25, 0.3) is 0 Å². The number of hydrogen-bond acceptors (Lipinski definition) is 2. The van der Waals surface area contributed by atoms with Gasteiger partial charge in [-0.05, 0) is 142 Å². The predicted molar refractivity (Wildman–Crippen MR) is 322 cm³/mol. The van der Waals surface area contributed by atoms with Gasteiger partial charge >= 0.3 is 0 Å². The smallest absolute Gasteiger partial charge is 0.145 e. The lowest BCUT2D eigenvalue weighted by Gasteiger charge is -2.34. The van der Waals surface area contributed by atoms with Crippen LogP contribution in [0.25, 0.3) is 99.1 Å². The van der Waals surface area contributed by atoms with Gasteiger partial charge in [0.05, 0.1) is 16.5 Å². The zero-order valence-electron chi connectivity index (χ0n) is 42.1. The minimum absolute atomic E-state index is 0.508. The molecular formula is C75H49NO. The fraction of sp³-hybridized carbons (Fsp3) is 0.0133. The van der Waals surface area contributed by atoms with Crippen LogP contribution in [0.3, 0.4) is 0 Å². The molecule has 1 aliphatic carbocycles. The van der Waals surface area contributed by atoms with Crippen molar-refractivity contribution in [1.29, 1.82) is 0 Å². The van der Waals surface area contributed by atoms with Crippen LogP contribution in [0.5, 0.6) is 0 Å². The van der Waals surface area contributed by atoms with Crippen molar-refractivity contribution in [3.63, 3.8) is 0 Å². The first-order chi connectivity index (χ1) is 38.2. The van der Waals surface area contributed by atoms with E-state index in [1.807, 2.05) is 0 Å². The zero-order chi connectivity index (χ0) is 50.9. The van der Waals surface area contributed by atoms with Gasteiger partial charge in [0.15, 0.2) is 0 Å². The second-order valence-corrected chi connectivity index (χ2v) is 20.3. The van der Waals surface area contributed by atoms with E-state index in [0.29, 0.717) is 0 Å². The number of anilines is 3. The van der Waals surface area contributed by atoms with Gasteiger partial charge in [-0.2, -0.15) is 0 Å². The van der Waals surface area contributed by atoms with E-state index in [0.717, 1.165) is 72.4 Å². The molecule has 0 unspecified atom stereocenters. The fourth-order valence-corrected chi connectivity index (χ4v) is 12.7. The van der Waals surface area contributed by atoms with E-state index < -0.39 is 5.41 Å². The molecule has 0 amide bonds. The average Bonchev–Trinajstić information content (AvgIpc) is 4.18. The van der Waals surface area contributed by atoms with Crippen LogP contribution >= 0.6 is 0 Å². The van der Waals surface area contributed by atoms with Gasteiger partial charge in [0.1, 0.15) is 11.2 Å². The molecular weight excluding hydrogens is 931 g/mol. The molecule has 77 heavy (non-hydrogen) atoms. The highest BCUT2D eigenvalue weighted by atomic mass is 16.3. The van der Waals surface area contributed by atoms with Gasteiger partial charge in [0, 0.05) is 22.3 Å². The number of hydrogen-bond donors (Lipinski definition) is 0. The number of para-hydroxylation sites is 1. The van der Waals surface area contributed by atoms with Crippen molar-refractivity contribution in [1.82, 2.24) is 0 Å². The molecule has 1 aliphatic rings. The van der Waals surface area contributed by atoms with Crippen LogP contribution in [0, 0.1) is 0 Å². The maximum absolute atomic E-state index is 7.02. The molecule has 15 rings (SSSR count). The summed E-state index contributed by atoms with van der Waals surface area (Å²) in [6.45, 7) is 0. The van der Waals surface area contributed by atoms with E-state index >= 15 is 0 Å². The lowest BCUT2D eigenvalue weighted by Crippen LogP contribution is -2.28. The van der Waals surface area contributed by atoms with Crippen molar-refractivity contribution in [2.24, 2.45) is 0 Å². The van der Waals surface area contributed by atoms with Crippen LogP contribution in [0.15, 0.2) is 302 Å². The lowest BCUT2D eigenvalue weighted by molar-refractivity contribution is 0.670. The summed E-state index contributed by atoms with van der Waals surface area (Å²) in [5.74, 6) is 0. The number of rotatable bonds is 9. The minimum Gasteiger partial charge on any atom is -0.455 e. The topological polar surface area (TPSA) is 16.4 Å². The number of furan rings is 1. The number of nitrogens with zero attached hydrogens (tertiary/aromatic N) is 1. The lowest BCUT2D eigenvalue weighted by atomic mass is 9.67. The summed E-state index contributed by atoms with van der Waals surface area (Å²) < 4.78 is 7.02. The first-order valence-corrected chi connectivity index (χ1v) is 26.6. The van der Waals surface area contributed by atoms with Crippen LogP contribution in [0.4, 0.5) is 17.1 Å². The molecule has 2 heteroatoms. The maximum Gasteiger partial charge on any atom is 0.145 e. The van der Waals surface area contributed by atoms with Gasteiger partial charge in [-0.3, -0.25) is 0 Å². The first-order valence-electron chi connectivity index (χ1n) is 26.6. The van der Waals surface area contributed by atoms with E-state index in [2.05, 4.69) is 302 Å². The quantitative estimate of drug-likeness (QED) is 0.143. The summed E-state index contributed by atoms with van der Waals surface area (Å²) in [7, 11) is 0. The normalized spacial score (nSPS) is 12.5. The third-order valence-corrected chi connectivity index (χ3v) is 16.2. The summed E-state index contributed by atoms with van der Waals surface area (Å²) in [5, 5.41) is 7.02. The molecule has 0 spiro atoms. The van der Waals surface area contributed by atoms with Crippen molar-refractivity contribution >= 4 is 60.5 Å². The van der Waals surface area contributed by atoms with E-state index in [1.54, 1.807) is 0 Å². The summed E-state index contributed by atoms with van der Waals surface area (Å²) in [5.41, 5.74) is 21.2. The molecule has 0 atom stereocenters. The molecule has 0 radical (unpaired) electrons. The minimum atomic E-state index is -0.508. The molecule has 0 aliphatic heterocycles. The molecule has 0 fully saturated rings. The Bertz CT molecular complexity index is 4500. The molecule has 2 nitrogen and oxygen atoms in total. The third-order valence-electron chi connectivity index (χ3n) is 16.2. The van der Waals surface area contributed by atoms with Gasteiger partial charge in [-0.25, -0.2) is 0 Å². The number of fused-ring (bicyclic) bond motifs is 8. The van der Waals surface area contributed by atoms with Crippen molar-refractivity contribution in [3.8, 4) is 55.6 Å². The van der Waals surface area contributed by atoms with Gasteiger partial charge in [-0.15, -0.1) is 0 Å². The summed E-state index contributed by atoms with van der Waals surface area (Å²) in [6.07, 6.45) is 0. The third kappa shape index (κ3) is 7.18. The van der Waals surface area contributed by atoms with E-state index in [-0.39, 0.29) is 0 Å². The van der Waals surface area contributed by atoms with Crippen molar-refractivity contribution in [3.05, 3.63) is 320 Å². The van der Waals surface area contributed by atoms with Crippen LogP contribution in [-0.2, 0) is 5.41 Å². The van der Waals surface area contributed by atoms with Crippen LogP contribution in [0.1, 0.15) is 22.3 Å². The first kappa shape index (κ1) is 44.5. The maximum atomic E-state index is 7.02. The Morgan fingerprint density at radius 2 is 0.792 bits per heavy atom. The summed E-state index contributed by atoms with van der Waals surface area (Å²) >= 11 is 0. The molecule has 14 aromatic rings. The Hall–Kier alpha value is -10.0. The van der Waals surface area contributed by atoms with Crippen molar-refractivity contribution in [2.45, 2.75) is 5.41 Å². The molecule has 1 aromatic heterocycles. The molecule has 0 N–H and O–H groups in total. The SMILES string of the molecule is c1ccc(C2(c3ccccc3)c3ccccc3-c3ccc(-c4cccc(N(c5ccc(-c6ccc(-c7cccc8ccccc78)cc6)cc5)c5ccc(-c6cccc7ccccc67)c6oc7ccccc7c56)c4)cc32)cc1. The number of benzene rings is 13. The largest absolute Gasteiger partial charge is 0.455 e. The molecule has 1 heterocycles. The van der Waals surface area contributed by atoms with Crippen LogP contribution < -0.4 is 4.90 Å². The van der Waals surface area contributed by atoms with Crippen molar-refractivity contribution in [2.75, 3.05) is 4.90 Å². The van der Waals surface area contributed by atoms with Gasteiger partial charge < -0.3 is 9.32 Å². The summed E-state index contributed by atoms with van der Waals surface area (Å²) in [6, 6.07) is 109. The highest BCUT2D eigenvalue weighted by Gasteiger charge is 2.46. The molecule has 0 saturated carbocycles. The van der Waals surface area contributed by atoms with E-state index in [1.165, 1.54) is 66.1 Å². The van der Waals surface area contributed by atoms with Crippen LogP contribution in [0.2, 0.25) is 0 Å². The second-order valence-electron chi connectivity index (χ2n) is 20.3. The predicted octanol–water partition coefficient (Wildman–Crippen LogP) is 20.4. The monoisotopic (exact) mass is 979 g/mol. The van der Waals surface area contributed by atoms with Gasteiger partial charge in [0.2, 0.25) is 0 Å². The molecule has 0 saturated heterocycles. The summed E-state index contributed by atoms with van der Waals surface area (Å²) in [4.78, 5) is 2.43. The Labute approximate surface area is 448 Å². The Balaban J connectivity index is 0.903. The molecule has 13 aromatic carbocycles. The van der Waals surface area contributed by atoms with E-state index in [4.69, 9.17) is 4.42 Å².